The molecule has 0 spiro atoms. The second-order valence-corrected chi connectivity index (χ2v) is 6.79. The number of nitro groups is 1. The van der Waals surface area contributed by atoms with Crippen LogP contribution in [0.2, 0.25) is 10.0 Å². The van der Waals surface area contributed by atoms with Crippen LogP contribution in [0.5, 0.6) is 11.5 Å². The third-order valence-corrected chi connectivity index (χ3v) is 4.82. The van der Waals surface area contributed by atoms with Crippen LogP contribution in [0, 0.1) is 10.1 Å². The summed E-state index contributed by atoms with van der Waals surface area (Å²) in [7, 11) is 0. The number of fused-ring (bicyclic) bond motifs is 1. The quantitative estimate of drug-likeness (QED) is 0.421. The summed E-state index contributed by atoms with van der Waals surface area (Å²) in [4.78, 5) is 19.1. The molecular weight excluding hydrogens is 421 g/mol. The summed E-state index contributed by atoms with van der Waals surface area (Å²) < 4.78 is 10.6. The van der Waals surface area contributed by atoms with E-state index >= 15 is 0 Å². The van der Waals surface area contributed by atoms with Gasteiger partial charge in [0.05, 0.1) is 15.0 Å². The van der Waals surface area contributed by atoms with Crippen LogP contribution in [0.15, 0.2) is 42.7 Å². The molecule has 29 heavy (non-hydrogen) atoms. The van der Waals surface area contributed by atoms with Gasteiger partial charge in [0.1, 0.15) is 6.33 Å². The van der Waals surface area contributed by atoms with Crippen LogP contribution < -0.4 is 20.1 Å². The maximum Gasteiger partial charge on any atom is 0.353 e. The number of nitrogens with zero attached hydrogens (tertiary/aromatic N) is 3. The van der Waals surface area contributed by atoms with Gasteiger partial charge in [-0.25, -0.2) is 9.97 Å². The van der Waals surface area contributed by atoms with E-state index in [1.165, 1.54) is 6.33 Å². The molecule has 2 N–H and O–H groups in total. The Hall–Kier alpha value is -3.30. The molecule has 2 heterocycles. The van der Waals surface area contributed by atoms with E-state index in [4.69, 9.17) is 32.7 Å². The van der Waals surface area contributed by atoms with E-state index in [1.807, 2.05) is 6.07 Å². The Bertz CT molecular complexity index is 1100. The average molecular weight is 434 g/mol. The number of hydrogen-bond acceptors (Lipinski definition) is 8. The lowest BCUT2D eigenvalue weighted by Gasteiger charge is -2.11. The summed E-state index contributed by atoms with van der Waals surface area (Å²) in [5, 5.41) is 18.2. The van der Waals surface area contributed by atoms with E-state index in [0.717, 1.165) is 5.56 Å². The highest BCUT2D eigenvalue weighted by molar-refractivity contribution is 6.42. The first-order valence-electron chi connectivity index (χ1n) is 8.35. The minimum atomic E-state index is -0.554. The summed E-state index contributed by atoms with van der Waals surface area (Å²) in [6, 6.07) is 10.2. The molecule has 0 saturated carbocycles. The molecule has 1 aliphatic rings. The smallest absolute Gasteiger partial charge is 0.353 e. The van der Waals surface area contributed by atoms with Gasteiger partial charge in [0, 0.05) is 12.2 Å². The first-order chi connectivity index (χ1) is 14.0. The van der Waals surface area contributed by atoms with Crippen molar-refractivity contribution in [1.29, 1.82) is 0 Å². The van der Waals surface area contributed by atoms with Gasteiger partial charge in [0.15, 0.2) is 11.5 Å². The first kappa shape index (κ1) is 19.0. The van der Waals surface area contributed by atoms with Crippen LogP contribution in [0.1, 0.15) is 5.56 Å². The van der Waals surface area contributed by atoms with Gasteiger partial charge in [0.25, 0.3) is 0 Å². The molecule has 4 rings (SSSR count). The van der Waals surface area contributed by atoms with Crippen molar-refractivity contribution in [3.8, 4) is 11.5 Å². The van der Waals surface area contributed by atoms with Gasteiger partial charge in [-0.3, -0.25) is 10.1 Å². The van der Waals surface area contributed by atoms with Crippen molar-refractivity contribution in [3.63, 3.8) is 0 Å². The molecule has 9 nitrogen and oxygen atoms in total. The van der Waals surface area contributed by atoms with Crippen molar-refractivity contribution in [2.75, 3.05) is 17.4 Å². The first-order valence-corrected chi connectivity index (χ1v) is 9.11. The molecule has 0 radical (unpaired) electrons. The Balaban J connectivity index is 1.57. The molecular formula is C18H13Cl2N5O4. The van der Waals surface area contributed by atoms with Crippen molar-refractivity contribution in [3.05, 3.63) is 68.4 Å². The highest BCUT2D eigenvalue weighted by Gasteiger charge is 2.23. The Morgan fingerprint density at radius 3 is 2.62 bits per heavy atom. The number of rotatable bonds is 6. The SMILES string of the molecule is O=[N+]([O-])c1c(NCc2ccc3c(c2)OCO3)ncnc1Nc1ccc(Cl)c(Cl)c1. The highest BCUT2D eigenvalue weighted by atomic mass is 35.5. The van der Waals surface area contributed by atoms with E-state index in [9.17, 15) is 10.1 Å². The van der Waals surface area contributed by atoms with E-state index < -0.39 is 4.92 Å². The lowest BCUT2D eigenvalue weighted by molar-refractivity contribution is -0.383. The molecule has 3 aromatic rings. The number of halogens is 2. The van der Waals surface area contributed by atoms with Crippen molar-refractivity contribution >= 4 is 46.2 Å². The van der Waals surface area contributed by atoms with Crippen LogP contribution in [-0.4, -0.2) is 21.7 Å². The second-order valence-electron chi connectivity index (χ2n) is 5.97. The molecule has 0 bridgehead atoms. The molecule has 11 heteroatoms. The van der Waals surface area contributed by atoms with E-state index in [2.05, 4.69) is 20.6 Å². The molecule has 0 fully saturated rings. The van der Waals surface area contributed by atoms with Gasteiger partial charge >= 0.3 is 5.69 Å². The molecule has 1 aliphatic heterocycles. The van der Waals surface area contributed by atoms with Crippen molar-refractivity contribution in [2.45, 2.75) is 6.54 Å². The summed E-state index contributed by atoms with van der Waals surface area (Å²) in [6.07, 6.45) is 1.23. The minimum absolute atomic E-state index is 0.0246. The fraction of sp³-hybridized carbons (Fsp3) is 0.111. The summed E-state index contributed by atoms with van der Waals surface area (Å²) in [5.74, 6) is 1.39. The van der Waals surface area contributed by atoms with Crippen molar-refractivity contribution < 1.29 is 14.4 Å². The van der Waals surface area contributed by atoms with Crippen molar-refractivity contribution in [2.24, 2.45) is 0 Å². The maximum atomic E-state index is 11.7. The summed E-state index contributed by atoms with van der Waals surface area (Å²) >= 11 is 11.9. The Kier molecular flexibility index (Phi) is 5.24. The minimum Gasteiger partial charge on any atom is -0.454 e. The van der Waals surface area contributed by atoms with Crippen LogP contribution in [0.4, 0.5) is 23.0 Å². The van der Waals surface area contributed by atoms with Gasteiger partial charge in [-0.2, -0.15) is 0 Å². The summed E-state index contributed by atoms with van der Waals surface area (Å²) in [6.45, 7) is 0.466. The van der Waals surface area contributed by atoms with Crippen LogP contribution in [0.25, 0.3) is 0 Å². The zero-order valence-corrected chi connectivity index (χ0v) is 16.2. The fourth-order valence-corrected chi connectivity index (χ4v) is 3.02. The van der Waals surface area contributed by atoms with Crippen LogP contribution in [-0.2, 0) is 6.54 Å². The largest absolute Gasteiger partial charge is 0.454 e. The van der Waals surface area contributed by atoms with E-state index in [1.54, 1.807) is 30.3 Å². The van der Waals surface area contributed by atoms with Gasteiger partial charge < -0.3 is 20.1 Å². The molecule has 0 atom stereocenters. The zero-order valence-electron chi connectivity index (χ0n) is 14.7. The lowest BCUT2D eigenvalue weighted by atomic mass is 10.2. The molecule has 2 aromatic carbocycles. The monoisotopic (exact) mass is 433 g/mol. The molecule has 0 unspecified atom stereocenters. The second kappa shape index (κ2) is 7.98. The standard InChI is InChI=1S/C18H13Cl2N5O4/c19-12-3-2-11(6-13(12)20)24-18-16(25(26)27)17(22-8-23-18)21-7-10-1-4-14-15(5-10)29-9-28-14/h1-6,8H,7,9H2,(H2,21,22,23,24). The molecule has 1 aromatic heterocycles. The zero-order chi connectivity index (χ0) is 20.4. The van der Waals surface area contributed by atoms with Crippen molar-refractivity contribution in [1.82, 2.24) is 9.97 Å². The van der Waals surface area contributed by atoms with Gasteiger partial charge in [-0.05, 0) is 35.9 Å². The van der Waals surface area contributed by atoms with Crippen LogP contribution in [0.3, 0.4) is 0 Å². The third-order valence-electron chi connectivity index (χ3n) is 4.08. The molecule has 148 valence electrons. The van der Waals surface area contributed by atoms with Gasteiger partial charge in [-0.1, -0.05) is 29.3 Å². The number of nitrogens with one attached hydrogen (secondary N) is 2. The number of aromatic nitrogens is 2. The number of anilines is 3. The maximum absolute atomic E-state index is 11.7. The average Bonchev–Trinajstić information content (AvgIpc) is 3.17. The number of ether oxygens (including phenoxy) is 2. The lowest BCUT2D eigenvalue weighted by Crippen LogP contribution is -2.08. The topological polar surface area (TPSA) is 111 Å². The Morgan fingerprint density at radius 2 is 1.83 bits per heavy atom. The summed E-state index contributed by atoms with van der Waals surface area (Å²) in [5.41, 5.74) is 1.06. The number of benzene rings is 2. The Morgan fingerprint density at radius 1 is 1.03 bits per heavy atom. The number of hydrogen-bond donors (Lipinski definition) is 2. The van der Waals surface area contributed by atoms with Gasteiger partial charge in [0.2, 0.25) is 18.4 Å². The predicted octanol–water partition coefficient (Wildman–Crippen LogP) is 4.78. The third kappa shape index (κ3) is 4.10. The van der Waals surface area contributed by atoms with E-state index in [-0.39, 0.29) is 24.1 Å². The predicted molar refractivity (Wildman–Crippen MR) is 108 cm³/mol. The molecule has 0 aliphatic carbocycles. The molecule has 0 amide bonds. The fourth-order valence-electron chi connectivity index (χ4n) is 2.72. The Labute approximate surface area is 174 Å². The molecule has 0 saturated heterocycles. The van der Waals surface area contributed by atoms with E-state index in [0.29, 0.717) is 33.8 Å². The normalized spacial score (nSPS) is 11.9. The van der Waals surface area contributed by atoms with Crippen LogP contribution >= 0.6 is 23.2 Å². The highest BCUT2D eigenvalue weighted by Crippen LogP contribution is 2.35. The van der Waals surface area contributed by atoms with Gasteiger partial charge in [-0.15, -0.1) is 0 Å².